The summed E-state index contributed by atoms with van der Waals surface area (Å²) in [4.78, 5) is 0. The van der Waals surface area contributed by atoms with Crippen LogP contribution in [0.1, 0.15) is 43.0 Å². The Hall–Kier alpha value is -5.21. The van der Waals surface area contributed by atoms with Gasteiger partial charge in [0.25, 0.3) is 0 Å². The third kappa shape index (κ3) is 4.55. The zero-order chi connectivity index (χ0) is 30.6. The van der Waals surface area contributed by atoms with E-state index in [0.29, 0.717) is 11.5 Å². The molecule has 0 saturated carbocycles. The maximum absolute atomic E-state index is 10.3. The summed E-state index contributed by atoms with van der Waals surface area (Å²) in [6.45, 7) is 8.45. The fourth-order valence-electron chi connectivity index (χ4n) is 6.91. The van der Waals surface area contributed by atoms with Gasteiger partial charge in [0.1, 0.15) is 5.75 Å². The number of nitrogens with one attached hydrogen (secondary N) is 1. The second-order valence-corrected chi connectivity index (χ2v) is 12.5. The van der Waals surface area contributed by atoms with E-state index in [2.05, 4.69) is 117 Å². The molecule has 0 bridgehead atoms. The number of phenolic OH excluding ortho intramolecular Hbond substituents is 1. The minimum absolute atomic E-state index is 0.153. The largest absolute Gasteiger partial charge is 0.508 e. The molecule has 6 aromatic rings. The predicted octanol–water partition coefficient (Wildman–Crippen LogP) is 11.1. The summed E-state index contributed by atoms with van der Waals surface area (Å²) >= 11 is 0. The van der Waals surface area contributed by atoms with E-state index in [-0.39, 0.29) is 5.41 Å². The van der Waals surface area contributed by atoms with Crippen molar-refractivity contribution in [2.45, 2.75) is 33.1 Å². The molecule has 0 radical (unpaired) electrons. The zero-order valence-corrected chi connectivity index (χ0v) is 25.6. The van der Waals surface area contributed by atoms with Gasteiger partial charge in [0.05, 0.1) is 0 Å². The van der Waals surface area contributed by atoms with E-state index < -0.39 is 0 Å². The molecular formula is C42H35NO. The van der Waals surface area contributed by atoms with E-state index in [9.17, 15) is 5.11 Å². The van der Waals surface area contributed by atoms with Crippen molar-refractivity contribution in [1.29, 1.82) is 5.41 Å². The number of hydrogen-bond donors (Lipinski definition) is 2. The van der Waals surface area contributed by atoms with Gasteiger partial charge in [-0.15, -0.1) is 0 Å². The molecule has 214 valence electrons. The Morgan fingerprint density at radius 2 is 1.20 bits per heavy atom. The molecule has 0 fully saturated rings. The van der Waals surface area contributed by atoms with Gasteiger partial charge >= 0.3 is 0 Å². The topological polar surface area (TPSA) is 44.1 Å². The number of rotatable bonds is 5. The summed E-state index contributed by atoms with van der Waals surface area (Å²) in [6.07, 6.45) is 0. The Morgan fingerprint density at radius 3 is 1.95 bits per heavy atom. The number of hydrogen-bond acceptors (Lipinski definition) is 2. The highest BCUT2D eigenvalue weighted by atomic mass is 16.3. The Morgan fingerprint density at radius 1 is 0.545 bits per heavy atom. The first-order valence-corrected chi connectivity index (χ1v) is 15.2. The smallest absolute Gasteiger partial charge is 0.118 e. The third-order valence-electron chi connectivity index (χ3n) is 9.20. The normalized spacial score (nSPS) is 12.9. The quantitative estimate of drug-likeness (QED) is 0.199. The van der Waals surface area contributed by atoms with Crippen LogP contribution in [0, 0.1) is 12.3 Å². The molecule has 2 N–H and O–H groups in total. The predicted molar refractivity (Wildman–Crippen MR) is 185 cm³/mol. The first kappa shape index (κ1) is 27.6. The van der Waals surface area contributed by atoms with E-state index in [0.717, 1.165) is 50.1 Å². The molecule has 0 heterocycles. The van der Waals surface area contributed by atoms with Gasteiger partial charge in [0.15, 0.2) is 0 Å². The van der Waals surface area contributed by atoms with Gasteiger partial charge in [0.2, 0.25) is 0 Å². The summed E-state index contributed by atoms with van der Waals surface area (Å²) < 4.78 is 0. The number of fused-ring (bicyclic) bond motifs is 3. The van der Waals surface area contributed by atoms with Gasteiger partial charge in [0, 0.05) is 11.1 Å². The molecule has 7 rings (SSSR count). The fraction of sp³-hybridized carbons (Fsp3) is 0.119. The van der Waals surface area contributed by atoms with Crippen LogP contribution in [0.5, 0.6) is 5.75 Å². The van der Waals surface area contributed by atoms with Crippen molar-refractivity contribution in [3.8, 4) is 61.4 Å². The molecule has 0 atom stereocenters. The van der Waals surface area contributed by atoms with Crippen LogP contribution < -0.4 is 0 Å². The molecule has 6 aromatic carbocycles. The lowest BCUT2D eigenvalue weighted by Gasteiger charge is -2.25. The zero-order valence-electron chi connectivity index (χ0n) is 25.6. The lowest BCUT2D eigenvalue weighted by molar-refractivity contribution is 0.471. The van der Waals surface area contributed by atoms with Crippen LogP contribution in [0.15, 0.2) is 127 Å². The second-order valence-electron chi connectivity index (χ2n) is 12.5. The molecule has 0 unspecified atom stereocenters. The van der Waals surface area contributed by atoms with Gasteiger partial charge in [-0.1, -0.05) is 105 Å². The molecule has 0 aliphatic heterocycles. The van der Waals surface area contributed by atoms with Crippen LogP contribution in [0.2, 0.25) is 0 Å². The van der Waals surface area contributed by atoms with E-state index in [1.807, 2.05) is 32.0 Å². The SMILES string of the molecule is CC(=N)c1ccc(-c2ccccc2)c(-c2cc(-c3ccc(O)c(C)c3)cc(-c3cccc4c3C(C)(C)c3ccccc3-4)c2)c1. The standard InChI is InChI=1S/C42H35NO/c1-26-21-30(18-20-40(26)44)31-22-32(35-14-10-15-37-36-13-8-9-16-39(36)42(3,4)41(35)37)24-33(23-31)38-25-29(27(2)43)17-19-34(38)28-11-6-5-7-12-28/h5-25,43-44H,1-4H3. The minimum Gasteiger partial charge on any atom is -0.508 e. The fourth-order valence-corrected chi connectivity index (χ4v) is 6.91. The summed E-state index contributed by atoms with van der Waals surface area (Å²) in [5.74, 6) is 0.297. The number of aromatic hydroxyl groups is 1. The molecule has 2 heteroatoms. The van der Waals surface area contributed by atoms with Gasteiger partial charge < -0.3 is 10.5 Å². The minimum atomic E-state index is -0.153. The summed E-state index contributed by atoms with van der Waals surface area (Å²) in [7, 11) is 0. The van der Waals surface area contributed by atoms with Crippen molar-refractivity contribution in [1.82, 2.24) is 0 Å². The summed E-state index contributed by atoms with van der Waals surface area (Å²) in [5, 5.41) is 18.8. The van der Waals surface area contributed by atoms with Gasteiger partial charge in [-0.3, -0.25) is 0 Å². The molecule has 2 nitrogen and oxygen atoms in total. The molecule has 0 amide bonds. The van der Waals surface area contributed by atoms with Crippen LogP contribution in [-0.4, -0.2) is 10.8 Å². The molecule has 1 aliphatic carbocycles. The van der Waals surface area contributed by atoms with Crippen LogP contribution in [-0.2, 0) is 5.41 Å². The third-order valence-corrected chi connectivity index (χ3v) is 9.20. The van der Waals surface area contributed by atoms with E-state index >= 15 is 0 Å². The maximum Gasteiger partial charge on any atom is 0.118 e. The first-order chi connectivity index (χ1) is 21.2. The highest BCUT2D eigenvalue weighted by molar-refractivity contribution is 6.00. The van der Waals surface area contributed by atoms with E-state index in [1.54, 1.807) is 6.07 Å². The Kier molecular flexibility index (Phi) is 6.59. The average molecular weight is 570 g/mol. The van der Waals surface area contributed by atoms with Crippen molar-refractivity contribution in [2.75, 3.05) is 0 Å². The Balaban J connectivity index is 1.53. The molecule has 1 aliphatic rings. The number of aryl methyl sites for hydroxylation is 1. The number of benzene rings is 6. The van der Waals surface area contributed by atoms with Crippen LogP contribution in [0.4, 0.5) is 0 Å². The van der Waals surface area contributed by atoms with Gasteiger partial charge in [-0.05, 0) is 128 Å². The molecular weight excluding hydrogens is 534 g/mol. The second kappa shape index (κ2) is 10.5. The lowest BCUT2D eigenvalue weighted by Crippen LogP contribution is -2.16. The molecule has 0 saturated heterocycles. The van der Waals surface area contributed by atoms with Crippen LogP contribution >= 0.6 is 0 Å². The first-order valence-electron chi connectivity index (χ1n) is 15.2. The molecule has 44 heavy (non-hydrogen) atoms. The Labute approximate surface area is 259 Å². The van der Waals surface area contributed by atoms with Crippen molar-refractivity contribution >= 4 is 5.71 Å². The van der Waals surface area contributed by atoms with Gasteiger partial charge in [-0.25, -0.2) is 0 Å². The summed E-state index contributed by atoms with van der Waals surface area (Å²) in [5.41, 5.74) is 16.4. The maximum atomic E-state index is 10.3. The molecule has 0 spiro atoms. The Bertz CT molecular complexity index is 2080. The van der Waals surface area contributed by atoms with Crippen LogP contribution in [0.3, 0.4) is 0 Å². The highest BCUT2D eigenvalue weighted by Gasteiger charge is 2.37. The molecule has 0 aromatic heterocycles. The van der Waals surface area contributed by atoms with Crippen LogP contribution in [0.25, 0.3) is 55.6 Å². The lowest BCUT2D eigenvalue weighted by atomic mass is 9.78. The van der Waals surface area contributed by atoms with E-state index in [4.69, 9.17) is 5.41 Å². The monoisotopic (exact) mass is 569 g/mol. The van der Waals surface area contributed by atoms with Crippen molar-refractivity contribution in [3.63, 3.8) is 0 Å². The van der Waals surface area contributed by atoms with Crippen molar-refractivity contribution in [3.05, 3.63) is 150 Å². The average Bonchev–Trinajstić information content (AvgIpc) is 3.29. The van der Waals surface area contributed by atoms with Crippen molar-refractivity contribution < 1.29 is 5.11 Å². The van der Waals surface area contributed by atoms with Gasteiger partial charge in [-0.2, -0.15) is 0 Å². The van der Waals surface area contributed by atoms with E-state index in [1.165, 1.54) is 27.8 Å². The number of phenols is 1. The van der Waals surface area contributed by atoms with Crippen molar-refractivity contribution in [2.24, 2.45) is 0 Å². The highest BCUT2D eigenvalue weighted by Crippen LogP contribution is 2.52. The summed E-state index contributed by atoms with van der Waals surface area (Å²) in [6, 6.07) is 45.0.